The number of aromatic nitrogens is 2. The summed E-state index contributed by atoms with van der Waals surface area (Å²) in [5.74, 6) is 3.74. The minimum atomic E-state index is 0.334. The SMILES string of the molecule is CCn1ccnc1C1CCN(C(=O)C2[C@H]3CNC[C@@H]23)CC1. The van der Waals surface area contributed by atoms with Crippen LogP contribution in [0.1, 0.15) is 31.5 Å². The molecule has 1 unspecified atom stereocenters. The number of aryl methyl sites for hydroxylation is 1. The van der Waals surface area contributed by atoms with Crippen LogP contribution in [0.5, 0.6) is 0 Å². The quantitative estimate of drug-likeness (QED) is 0.905. The summed E-state index contributed by atoms with van der Waals surface area (Å²) >= 11 is 0. The summed E-state index contributed by atoms with van der Waals surface area (Å²) in [6.45, 7) is 7.04. The lowest BCUT2D eigenvalue weighted by atomic mass is 9.95. The number of imidazole rings is 1. The Morgan fingerprint density at radius 1 is 1.33 bits per heavy atom. The molecule has 2 aliphatic heterocycles. The molecular formula is C16H24N4O. The van der Waals surface area contributed by atoms with Gasteiger partial charge in [0, 0.05) is 43.9 Å². The van der Waals surface area contributed by atoms with Gasteiger partial charge in [-0.3, -0.25) is 4.79 Å². The molecule has 1 N–H and O–H groups in total. The summed E-state index contributed by atoms with van der Waals surface area (Å²) in [4.78, 5) is 19.2. The van der Waals surface area contributed by atoms with Gasteiger partial charge in [0.15, 0.2) is 0 Å². The molecule has 5 heteroatoms. The van der Waals surface area contributed by atoms with Gasteiger partial charge in [-0.1, -0.05) is 0 Å². The lowest BCUT2D eigenvalue weighted by molar-refractivity contribution is -0.134. The lowest BCUT2D eigenvalue weighted by Crippen LogP contribution is -2.40. The predicted octanol–water partition coefficient (Wildman–Crippen LogP) is 1.07. The van der Waals surface area contributed by atoms with Crippen LogP contribution in [0.25, 0.3) is 0 Å². The van der Waals surface area contributed by atoms with Crippen LogP contribution in [0.4, 0.5) is 0 Å². The van der Waals surface area contributed by atoms with E-state index in [9.17, 15) is 4.79 Å². The monoisotopic (exact) mass is 288 g/mol. The first-order valence-electron chi connectivity index (χ1n) is 8.30. The highest BCUT2D eigenvalue weighted by atomic mass is 16.2. The van der Waals surface area contributed by atoms with Crippen molar-refractivity contribution in [3.63, 3.8) is 0 Å². The van der Waals surface area contributed by atoms with Gasteiger partial charge in [-0.2, -0.15) is 0 Å². The van der Waals surface area contributed by atoms with E-state index in [1.807, 2.05) is 6.20 Å². The Balaban J connectivity index is 1.35. The van der Waals surface area contributed by atoms with Gasteiger partial charge in [-0.25, -0.2) is 4.98 Å². The Morgan fingerprint density at radius 2 is 2.05 bits per heavy atom. The van der Waals surface area contributed by atoms with Gasteiger partial charge in [0.25, 0.3) is 0 Å². The normalized spacial score (nSPS) is 32.2. The minimum Gasteiger partial charge on any atom is -0.342 e. The third-order valence-electron chi connectivity index (χ3n) is 5.64. The first-order valence-corrected chi connectivity index (χ1v) is 8.30. The van der Waals surface area contributed by atoms with E-state index in [1.165, 1.54) is 5.82 Å². The summed E-state index contributed by atoms with van der Waals surface area (Å²) in [7, 11) is 0. The standard InChI is InChI=1S/C16H24N4O/c1-2-19-8-5-18-15(19)11-3-6-20(7-4-11)16(21)14-12-9-17-10-13(12)14/h5,8,11-14,17H,2-4,6-7,9-10H2,1H3/t12-,13+,14?. The van der Waals surface area contributed by atoms with Crippen molar-refractivity contribution in [3.8, 4) is 0 Å². The van der Waals surface area contributed by atoms with Crippen LogP contribution in [-0.2, 0) is 11.3 Å². The molecule has 4 rings (SSSR count). The fourth-order valence-corrected chi connectivity index (χ4v) is 4.30. The van der Waals surface area contributed by atoms with Crippen LogP contribution in [0.3, 0.4) is 0 Å². The van der Waals surface area contributed by atoms with Crippen molar-refractivity contribution in [1.82, 2.24) is 19.8 Å². The van der Waals surface area contributed by atoms with Gasteiger partial charge in [0.1, 0.15) is 5.82 Å². The lowest BCUT2D eigenvalue weighted by Gasteiger charge is -2.32. The van der Waals surface area contributed by atoms with Gasteiger partial charge >= 0.3 is 0 Å². The largest absolute Gasteiger partial charge is 0.342 e. The van der Waals surface area contributed by atoms with Crippen molar-refractivity contribution >= 4 is 5.91 Å². The van der Waals surface area contributed by atoms with Crippen LogP contribution in [0.15, 0.2) is 12.4 Å². The molecule has 1 amide bonds. The molecule has 0 bridgehead atoms. The van der Waals surface area contributed by atoms with Crippen molar-refractivity contribution in [2.75, 3.05) is 26.2 Å². The summed E-state index contributed by atoms with van der Waals surface area (Å²) in [5.41, 5.74) is 0. The summed E-state index contributed by atoms with van der Waals surface area (Å²) in [6, 6.07) is 0. The second kappa shape index (κ2) is 5.13. The molecule has 0 aromatic carbocycles. The maximum atomic E-state index is 12.6. The molecular weight excluding hydrogens is 264 g/mol. The summed E-state index contributed by atoms with van der Waals surface area (Å²) < 4.78 is 2.24. The van der Waals surface area contributed by atoms with E-state index in [-0.39, 0.29) is 0 Å². The first kappa shape index (κ1) is 13.3. The first-order chi connectivity index (χ1) is 10.3. The van der Waals surface area contributed by atoms with Gasteiger partial charge in [-0.15, -0.1) is 0 Å². The number of rotatable bonds is 3. The number of amides is 1. The van der Waals surface area contributed by atoms with E-state index < -0.39 is 0 Å². The molecule has 21 heavy (non-hydrogen) atoms. The molecule has 0 radical (unpaired) electrons. The van der Waals surface area contributed by atoms with E-state index >= 15 is 0 Å². The average molecular weight is 288 g/mol. The van der Waals surface area contributed by atoms with Crippen molar-refractivity contribution in [1.29, 1.82) is 0 Å². The minimum absolute atomic E-state index is 0.334. The molecule has 5 nitrogen and oxygen atoms in total. The molecule has 1 aromatic rings. The van der Waals surface area contributed by atoms with Gasteiger partial charge in [0.05, 0.1) is 0 Å². The second-order valence-corrected chi connectivity index (χ2v) is 6.68. The number of nitrogens with one attached hydrogen (secondary N) is 1. The van der Waals surface area contributed by atoms with Crippen molar-refractivity contribution in [2.45, 2.75) is 32.2 Å². The summed E-state index contributed by atoms with van der Waals surface area (Å²) in [5, 5.41) is 3.37. The third kappa shape index (κ3) is 2.18. The number of carbonyl (C=O) groups excluding carboxylic acids is 1. The maximum Gasteiger partial charge on any atom is 0.226 e. The highest BCUT2D eigenvalue weighted by molar-refractivity contribution is 5.82. The number of likely N-dealkylation sites (tertiary alicyclic amines) is 1. The van der Waals surface area contributed by atoms with Crippen molar-refractivity contribution in [2.24, 2.45) is 17.8 Å². The molecule has 2 saturated heterocycles. The Morgan fingerprint density at radius 3 is 2.71 bits per heavy atom. The molecule has 1 saturated carbocycles. The fraction of sp³-hybridized carbons (Fsp3) is 0.750. The number of fused-ring (bicyclic) bond motifs is 1. The zero-order chi connectivity index (χ0) is 14.4. The molecule has 3 heterocycles. The van der Waals surface area contributed by atoms with Crippen molar-refractivity contribution in [3.05, 3.63) is 18.2 Å². The number of nitrogens with zero attached hydrogens (tertiary/aromatic N) is 3. The second-order valence-electron chi connectivity index (χ2n) is 6.68. The summed E-state index contributed by atoms with van der Waals surface area (Å²) in [6.07, 6.45) is 6.08. The van der Waals surface area contributed by atoms with E-state index in [1.54, 1.807) is 0 Å². The van der Waals surface area contributed by atoms with E-state index in [4.69, 9.17) is 0 Å². The molecule has 1 aromatic heterocycles. The average Bonchev–Trinajstić information content (AvgIpc) is 2.91. The molecule has 3 fully saturated rings. The van der Waals surface area contributed by atoms with Crippen LogP contribution in [0.2, 0.25) is 0 Å². The number of carbonyl (C=O) groups is 1. The molecule has 114 valence electrons. The maximum absolute atomic E-state index is 12.6. The van der Waals surface area contributed by atoms with E-state index in [2.05, 4.69) is 32.9 Å². The highest BCUT2D eigenvalue weighted by Crippen LogP contribution is 2.49. The number of hydrogen-bond donors (Lipinski definition) is 1. The third-order valence-corrected chi connectivity index (χ3v) is 5.64. The Bertz CT molecular complexity index is 522. The Labute approximate surface area is 125 Å². The van der Waals surface area contributed by atoms with Crippen LogP contribution in [-0.4, -0.2) is 46.5 Å². The van der Waals surface area contributed by atoms with Crippen LogP contribution in [0, 0.1) is 17.8 Å². The van der Waals surface area contributed by atoms with Gasteiger partial charge in [-0.05, 0) is 44.7 Å². The van der Waals surface area contributed by atoms with Gasteiger partial charge < -0.3 is 14.8 Å². The van der Waals surface area contributed by atoms with E-state index in [0.29, 0.717) is 29.6 Å². The van der Waals surface area contributed by atoms with Crippen LogP contribution < -0.4 is 5.32 Å². The zero-order valence-electron chi connectivity index (χ0n) is 12.7. The topological polar surface area (TPSA) is 50.2 Å². The number of piperidine rings is 2. The van der Waals surface area contributed by atoms with Crippen molar-refractivity contribution < 1.29 is 4.79 Å². The highest BCUT2D eigenvalue weighted by Gasteiger charge is 2.57. The molecule has 1 aliphatic carbocycles. The fourth-order valence-electron chi connectivity index (χ4n) is 4.30. The van der Waals surface area contributed by atoms with Gasteiger partial charge in [0.2, 0.25) is 5.91 Å². The number of hydrogen-bond acceptors (Lipinski definition) is 3. The molecule has 3 aliphatic rings. The van der Waals surface area contributed by atoms with E-state index in [0.717, 1.165) is 45.6 Å². The predicted molar refractivity (Wildman–Crippen MR) is 79.8 cm³/mol. The van der Waals surface area contributed by atoms with Crippen LogP contribution >= 0.6 is 0 Å². The smallest absolute Gasteiger partial charge is 0.226 e. The Kier molecular flexibility index (Phi) is 3.25. The Hall–Kier alpha value is -1.36. The molecule has 3 atom stereocenters. The zero-order valence-corrected chi connectivity index (χ0v) is 12.7. The molecule has 0 spiro atoms.